The van der Waals surface area contributed by atoms with Crippen LogP contribution in [0, 0.1) is 0 Å². The highest BCUT2D eigenvalue weighted by molar-refractivity contribution is 5.87. The van der Waals surface area contributed by atoms with E-state index in [-0.39, 0.29) is 30.4 Å². The highest BCUT2D eigenvalue weighted by Crippen LogP contribution is 2.04. The first kappa shape index (κ1) is 20.1. The number of carbonyl (C=O) groups excluding carboxylic acids is 3. The average Bonchev–Trinajstić information content (AvgIpc) is 2.63. The molecule has 0 heterocycles. The van der Waals surface area contributed by atoms with Crippen molar-refractivity contribution < 1.29 is 15.8 Å². The van der Waals surface area contributed by atoms with Gasteiger partial charge in [-0.3, -0.25) is 14.4 Å². The monoisotopic (exact) mass is 363 g/mol. The maximum Gasteiger partial charge on any atom is 0.220 e. The molecule has 3 N–H and O–H groups in total. The molecule has 0 aliphatic rings. The largest absolute Gasteiger partial charge is 0.352 e. The van der Waals surface area contributed by atoms with E-state index in [4.69, 9.17) is 1.37 Å². The minimum Gasteiger partial charge on any atom is -0.352 e. The number of rotatable bonds is 13. The zero-order chi connectivity index (χ0) is 20.1. The van der Waals surface area contributed by atoms with E-state index in [0.29, 0.717) is 25.4 Å². The molecule has 6 nitrogen and oxygen atoms in total. The lowest BCUT2D eigenvalue weighted by Gasteiger charge is -2.16. The van der Waals surface area contributed by atoms with Crippen molar-refractivity contribution in [2.24, 2.45) is 0 Å². The van der Waals surface area contributed by atoms with Gasteiger partial charge >= 0.3 is 0 Å². The summed E-state index contributed by atoms with van der Waals surface area (Å²) in [5.74, 6) is -0.347. The molecule has 0 aromatic heterocycles. The van der Waals surface area contributed by atoms with Crippen molar-refractivity contribution in [1.29, 1.82) is 0 Å². The lowest BCUT2D eigenvalue weighted by molar-refractivity contribution is -0.127. The van der Waals surface area contributed by atoms with E-state index in [9.17, 15) is 14.4 Å². The first-order valence-corrected chi connectivity index (χ1v) is 9.19. The van der Waals surface area contributed by atoms with Gasteiger partial charge in [0, 0.05) is 19.4 Å². The highest BCUT2D eigenvalue weighted by atomic mass is 16.2. The molecule has 1 aromatic rings. The quantitative estimate of drug-likeness (QED) is 0.467. The summed E-state index contributed by atoms with van der Waals surface area (Å²) in [5, 5.41) is 8.63. The summed E-state index contributed by atoms with van der Waals surface area (Å²) in [6.07, 6.45) is 3.39. The molecule has 0 bridgehead atoms. The van der Waals surface area contributed by atoms with Crippen LogP contribution in [0.1, 0.15) is 52.4 Å². The fourth-order valence-corrected chi connectivity index (χ4v) is 2.53. The van der Waals surface area contributed by atoms with Crippen molar-refractivity contribution in [3.8, 4) is 0 Å². The van der Waals surface area contributed by atoms with Crippen molar-refractivity contribution in [2.45, 2.75) is 58.0 Å². The van der Waals surface area contributed by atoms with E-state index in [0.717, 1.165) is 24.9 Å². The molecule has 0 saturated heterocycles. The summed E-state index contributed by atoms with van der Waals surface area (Å²) >= 11 is 0. The Morgan fingerprint density at radius 2 is 1.77 bits per heavy atom. The third-order valence-corrected chi connectivity index (χ3v) is 4.08. The van der Waals surface area contributed by atoms with Crippen LogP contribution in [0.15, 0.2) is 30.3 Å². The Bertz CT molecular complexity index is 605. The topological polar surface area (TPSA) is 87.3 Å². The van der Waals surface area contributed by atoms with Gasteiger partial charge in [0.1, 0.15) is 0 Å². The van der Waals surface area contributed by atoms with Crippen LogP contribution in [0.4, 0.5) is 0 Å². The van der Waals surface area contributed by atoms with Gasteiger partial charge in [0.25, 0.3) is 0 Å². The van der Waals surface area contributed by atoms with Gasteiger partial charge in [-0.1, -0.05) is 30.3 Å². The fourth-order valence-electron chi connectivity index (χ4n) is 2.53. The second kappa shape index (κ2) is 13.1. The van der Waals surface area contributed by atoms with E-state index in [2.05, 4.69) is 16.0 Å². The Morgan fingerprint density at radius 3 is 2.42 bits per heavy atom. The molecular weight excluding hydrogens is 330 g/mol. The van der Waals surface area contributed by atoms with Gasteiger partial charge in [-0.15, -0.1) is 0 Å². The standard InChI is InChI=1S/C20H31N3O3/c1-16(24)18(11-6-7-14-21-2)23-20(26)13-8-12-19(25)22-15-17-9-4-3-5-10-17/h3-5,9-10,18,21H,6-8,11-15H2,1-2H3,(H,22,25)(H,23,26)/i3T. The van der Waals surface area contributed by atoms with E-state index < -0.39 is 6.04 Å². The minimum absolute atomic E-state index is 0.0377. The first-order chi connectivity index (χ1) is 12.9. The summed E-state index contributed by atoms with van der Waals surface area (Å²) in [6.45, 7) is 2.79. The van der Waals surface area contributed by atoms with Crippen molar-refractivity contribution in [1.82, 2.24) is 16.0 Å². The van der Waals surface area contributed by atoms with Crippen LogP contribution in [0.2, 0.25) is 0 Å². The number of amides is 2. The molecule has 26 heavy (non-hydrogen) atoms. The molecule has 1 aromatic carbocycles. The van der Waals surface area contributed by atoms with Crippen LogP contribution < -0.4 is 16.0 Å². The van der Waals surface area contributed by atoms with Gasteiger partial charge in [0.2, 0.25) is 11.8 Å². The van der Waals surface area contributed by atoms with E-state index >= 15 is 0 Å². The molecule has 0 aliphatic heterocycles. The SMILES string of the molecule is [3H]c1ccc(CNC(=O)CCCC(=O)NC(CCCCNC)C(C)=O)cc1. The molecule has 0 radical (unpaired) electrons. The van der Waals surface area contributed by atoms with Crippen molar-refractivity contribution in [2.75, 3.05) is 13.6 Å². The Kier molecular flexibility index (Phi) is 10.1. The smallest absolute Gasteiger partial charge is 0.220 e. The molecule has 144 valence electrons. The summed E-state index contributed by atoms with van der Waals surface area (Å²) < 4.78 is 7.42. The second-order valence-corrected chi connectivity index (χ2v) is 6.37. The number of carbonyl (C=O) groups is 3. The molecule has 0 saturated carbocycles. The molecular formula is C20H31N3O3. The zero-order valence-electron chi connectivity index (χ0n) is 16.8. The number of ketones is 1. The van der Waals surface area contributed by atoms with Crippen LogP contribution in [0.5, 0.6) is 0 Å². The number of unbranched alkanes of at least 4 members (excludes halogenated alkanes) is 1. The van der Waals surface area contributed by atoms with E-state index in [1.807, 2.05) is 7.05 Å². The molecule has 1 unspecified atom stereocenters. The van der Waals surface area contributed by atoms with Crippen molar-refractivity contribution >= 4 is 17.6 Å². The van der Waals surface area contributed by atoms with Gasteiger partial charge in [-0.05, 0) is 51.8 Å². The van der Waals surface area contributed by atoms with Gasteiger partial charge in [-0.25, -0.2) is 0 Å². The van der Waals surface area contributed by atoms with Gasteiger partial charge in [0.05, 0.1) is 7.41 Å². The third kappa shape index (κ3) is 9.93. The van der Waals surface area contributed by atoms with E-state index in [1.165, 1.54) is 6.92 Å². The third-order valence-electron chi connectivity index (χ3n) is 4.08. The summed E-state index contributed by atoms with van der Waals surface area (Å²) in [7, 11) is 1.88. The number of hydrogen-bond acceptors (Lipinski definition) is 4. The lowest BCUT2D eigenvalue weighted by Crippen LogP contribution is -2.39. The fraction of sp³-hybridized carbons (Fsp3) is 0.550. The van der Waals surface area contributed by atoms with Crippen LogP contribution in [-0.2, 0) is 20.9 Å². The predicted octanol–water partition coefficient (Wildman–Crippen LogP) is 1.94. The molecule has 1 rings (SSSR count). The molecule has 0 spiro atoms. The van der Waals surface area contributed by atoms with Crippen LogP contribution in [0.3, 0.4) is 0 Å². The number of Topliss-reactive ketones (excluding diaryl/α,β-unsaturated/α-hetero) is 1. The maximum atomic E-state index is 12.0. The Morgan fingerprint density at radius 1 is 1.08 bits per heavy atom. The Balaban J connectivity index is 2.22. The summed E-state index contributed by atoms with van der Waals surface area (Å²) in [4.78, 5) is 35.5. The minimum atomic E-state index is -0.441. The molecule has 0 fully saturated rings. The van der Waals surface area contributed by atoms with Crippen LogP contribution in [-0.4, -0.2) is 37.2 Å². The maximum absolute atomic E-state index is 12.0. The predicted molar refractivity (Wildman–Crippen MR) is 103 cm³/mol. The van der Waals surface area contributed by atoms with Gasteiger partial charge < -0.3 is 16.0 Å². The summed E-state index contributed by atoms with van der Waals surface area (Å²) in [5.41, 5.74) is 0.930. The van der Waals surface area contributed by atoms with Gasteiger partial charge in [-0.2, -0.15) is 0 Å². The number of hydrogen-bond donors (Lipinski definition) is 3. The molecule has 2 amide bonds. The number of benzene rings is 1. The zero-order valence-corrected chi connectivity index (χ0v) is 15.8. The second-order valence-electron chi connectivity index (χ2n) is 6.37. The van der Waals surface area contributed by atoms with Crippen LogP contribution >= 0.6 is 0 Å². The van der Waals surface area contributed by atoms with Crippen LogP contribution in [0.25, 0.3) is 0 Å². The average molecular weight is 363 g/mol. The van der Waals surface area contributed by atoms with E-state index in [1.54, 1.807) is 24.3 Å². The van der Waals surface area contributed by atoms with Crippen molar-refractivity contribution in [3.63, 3.8) is 0 Å². The summed E-state index contributed by atoms with van der Waals surface area (Å²) in [6, 6.07) is 6.94. The first-order valence-electron chi connectivity index (χ1n) is 9.69. The molecule has 6 heteroatoms. The Labute approximate surface area is 157 Å². The normalized spacial score (nSPS) is 12.2. The molecule has 0 aliphatic carbocycles. The lowest BCUT2D eigenvalue weighted by atomic mass is 10.1. The Hall–Kier alpha value is -2.21. The van der Waals surface area contributed by atoms with Crippen molar-refractivity contribution in [3.05, 3.63) is 35.9 Å². The van der Waals surface area contributed by atoms with Gasteiger partial charge in [0.15, 0.2) is 5.78 Å². The number of nitrogens with one attached hydrogen (secondary N) is 3. The molecule has 1 atom stereocenters. The highest BCUT2D eigenvalue weighted by Gasteiger charge is 2.16.